The van der Waals surface area contributed by atoms with Crippen molar-refractivity contribution in [2.24, 2.45) is 5.92 Å². The summed E-state index contributed by atoms with van der Waals surface area (Å²) in [6.07, 6.45) is 5.52. The molecule has 4 aromatic rings. The number of aromatic nitrogens is 4. The zero-order valence-corrected chi connectivity index (χ0v) is 19.5. The van der Waals surface area contributed by atoms with Gasteiger partial charge in [-0.2, -0.15) is 4.98 Å². The van der Waals surface area contributed by atoms with Crippen LogP contribution in [0.3, 0.4) is 0 Å². The third-order valence-electron chi connectivity index (χ3n) is 6.42. The van der Waals surface area contributed by atoms with Crippen LogP contribution in [0.4, 0.5) is 11.8 Å². The van der Waals surface area contributed by atoms with Crippen molar-refractivity contribution in [3.8, 4) is 0 Å². The Kier molecular flexibility index (Phi) is 6.20. The molecule has 0 bridgehead atoms. The molecule has 0 aliphatic heterocycles. The van der Waals surface area contributed by atoms with Crippen LogP contribution in [0.1, 0.15) is 36.2 Å². The van der Waals surface area contributed by atoms with Crippen molar-refractivity contribution < 1.29 is 4.79 Å². The number of nitrogens with one attached hydrogen (secondary N) is 2. The van der Waals surface area contributed by atoms with Gasteiger partial charge in [-0.05, 0) is 55.9 Å². The van der Waals surface area contributed by atoms with E-state index in [1.165, 1.54) is 0 Å². The summed E-state index contributed by atoms with van der Waals surface area (Å²) in [5.41, 5.74) is 2.83. The minimum Gasteiger partial charge on any atom is -0.362 e. The van der Waals surface area contributed by atoms with Gasteiger partial charge in [0.15, 0.2) is 0 Å². The Balaban J connectivity index is 1.15. The Bertz CT molecular complexity index is 1320. The molecule has 0 spiro atoms. The molecular weight excluding hydrogens is 426 g/mol. The maximum atomic E-state index is 12.7. The third kappa shape index (κ3) is 4.76. The minimum absolute atomic E-state index is 0.152. The van der Waals surface area contributed by atoms with Crippen LogP contribution >= 0.6 is 0 Å². The summed E-state index contributed by atoms with van der Waals surface area (Å²) in [6, 6.07) is 15.8. The van der Waals surface area contributed by atoms with Crippen molar-refractivity contribution in [1.29, 1.82) is 0 Å². The zero-order chi connectivity index (χ0) is 23.5. The molecule has 174 valence electrons. The molecular formula is C26H29N7O. The van der Waals surface area contributed by atoms with Crippen molar-refractivity contribution >= 4 is 39.6 Å². The summed E-state index contributed by atoms with van der Waals surface area (Å²) in [4.78, 5) is 32.9. The fraction of sp³-hybridized carbons (Fsp3) is 0.346. The van der Waals surface area contributed by atoms with E-state index in [-0.39, 0.29) is 11.9 Å². The molecule has 2 heterocycles. The van der Waals surface area contributed by atoms with E-state index in [0.29, 0.717) is 17.6 Å². The number of carbonyl (C=O) groups excluding carboxylic acids is 1. The number of carbonyl (C=O) groups is 1. The van der Waals surface area contributed by atoms with E-state index in [4.69, 9.17) is 9.97 Å². The lowest BCUT2D eigenvalue weighted by Crippen LogP contribution is -2.39. The highest BCUT2D eigenvalue weighted by Gasteiger charge is 2.23. The van der Waals surface area contributed by atoms with Gasteiger partial charge in [0.2, 0.25) is 5.95 Å². The zero-order valence-electron chi connectivity index (χ0n) is 19.5. The lowest BCUT2D eigenvalue weighted by atomic mass is 9.86. The first-order valence-corrected chi connectivity index (χ1v) is 11.8. The molecule has 0 saturated heterocycles. The second-order valence-electron chi connectivity index (χ2n) is 9.10. The quantitative estimate of drug-likeness (QED) is 0.453. The monoisotopic (exact) mass is 455 g/mol. The van der Waals surface area contributed by atoms with E-state index >= 15 is 0 Å². The van der Waals surface area contributed by atoms with E-state index in [1.807, 2.05) is 67.5 Å². The Labute approximate surface area is 198 Å². The number of rotatable bonds is 6. The molecule has 1 aliphatic rings. The van der Waals surface area contributed by atoms with E-state index in [1.54, 1.807) is 6.20 Å². The molecule has 2 N–H and O–H groups in total. The molecule has 8 heteroatoms. The summed E-state index contributed by atoms with van der Waals surface area (Å²) in [7, 11) is 4.00. The normalized spacial score (nSPS) is 18.1. The molecule has 8 nitrogen and oxygen atoms in total. The Morgan fingerprint density at radius 2 is 1.62 bits per heavy atom. The van der Waals surface area contributed by atoms with E-state index < -0.39 is 0 Å². The van der Waals surface area contributed by atoms with E-state index in [9.17, 15) is 4.79 Å². The Morgan fingerprint density at radius 1 is 0.912 bits per heavy atom. The number of amides is 1. The van der Waals surface area contributed by atoms with Gasteiger partial charge >= 0.3 is 0 Å². The summed E-state index contributed by atoms with van der Waals surface area (Å²) >= 11 is 0. The molecule has 1 amide bonds. The van der Waals surface area contributed by atoms with Gasteiger partial charge in [-0.1, -0.05) is 24.3 Å². The van der Waals surface area contributed by atoms with Gasteiger partial charge in [0.05, 0.1) is 22.7 Å². The van der Waals surface area contributed by atoms with Crippen LogP contribution in [-0.4, -0.2) is 52.5 Å². The molecule has 2 aromatic heterocycles. The fourth-order valence-electron chi connectivity index (χ4n) is 4.55. The maximum absolute atomic E-state index is 12.7. The van der Waals surface area contributed by atoms with Gasteiger partial charge in [0, 0.05) is 32.1 Å². The lowest BCUT2D eigenvalue weighted by molar-refractivity contribution is 0.0917. The van der Waals surface area contributed by atoms with Crippen LogP contribution in [0, 0.1) is 5.92 Å². The first-order valence-electron chi connectivity index (χ1n) is 11.8. The molecule has 2 aromatic carbocycles. The van der Waals surface area contributed by atoms with Crippen LogP contribution in [0.25, 0.3) is 21.9 Å². The second-order valence-corrected chi connectivity index (χ2v) is 9.10. The highest BCUT2D eigenvalue weighted by Crippen LogP contribution is 2.27. The highest BCUT2D eigenvalue weighted by atomic mass is 16.1. The molecule has 34 heavy (non-hydrogen) atoms. The average Bonchev–Trinajstić information content (AvgIpc) is 2.87. The molecule has 0 atom stereocenters. The average molecular weight is 456 g/mol. The highest BCUT2D eigenvalue weighted by molar-refractivity contribution is 5.94. The van der Waals surface area contributed by atoms with Crippen LogP contribution in [0.15, 0.2) is 54.7 Å². The number of fused-ring (bicyclic) bond motifs is 2. The second kappa shape index (κ2) is 9.59. The standard InChI is InChI=1S/C26H29N7O/c1-33(2)24-19-7-3-4-8-20(19)31-26(32-24)28-15-17-11-13-18(14-12-17)29-25(34)23-16-27-21-9-5-6-10-22(21)30-23/h3-10,16-18H,11-15H2,1-2H3,(H,29,34)(H,28,31,32). The van der Waals surface area contributed by atoms with Crippen LogP contribution < -0.4 is 15.5 Å². The SMILES string of the molecule is CN(C)c1nc(NCC2CCC(NC(=O)c3cnc4ccccc4n3)CC2)nc2ccccc12. The fourth-order valence-corrected chi connectivity index (χ4v) is 4.55. The summed E-state index contributed by atoms with van der Waals surface area (Å²) in [5.74, 6) is 1.94. The van der Waals surface area contributed by atoms with Crippen molar-refractivity contribution in [1.82, 2.24) is 25.3 Å². The van der Waals surface area contributed by atoms with Gasteiger partial charge < -0.3 is 15.5 Å². The van der Waals surface area contributed by atoms with Gasteiger partial charge in [-0.25, -0.2) is 9.97 Å². The molecule has 1 fully saturated rings. The first kappa shape index (κ1) is 22.0. The molecule has 1 aliphatic carbocycles. The van der Waals surface area contributed by atoms with Crippen LogP contribution in [0.2, 0.25) is 0 Å². The van der Waals surface area contributed by atoms with E-state index in [2.05, 4.69) is 20.6 Å². The number of nitrogens with zero attached hydrogens (tertiary/aromatic N) is 5. The smallest absolute Gasteiger partial charge is 0.271 e. The number of hydrogen-bond donors (Lipinski definition) is 2. The van der Waals surface area contributed by atoms with Crippen molar-refractivity contribution in [2.75, 3.05) is 30.9 Å². The molecule has 0 unspecified atom stereocenters. The Hall–Kier alpha value is -3.81. The van der Waals surface area contributed by atoms with Crippen LogP contribution in [0.5, 0.6) is 0 Å². The van der Waals surface area contributed by atoms with Crippen molar-refractivity contribution in [3.63, 3.8) is 0 Å². The predicted octanol–water partition coefficient (Wildman–Crippen LogP) is 4.04. The number of hydrogen-bond acceptors (Lipinski definition) is 7. The number of anilines is 2. The Morgan fingerprint density at radius 3 is 2.38 bits per heavy atom. The summed E-state index contributed by atoms with van der Waals surface area (Å²) < 4.78 is 0. The van der Waals surface area contributed by atoms with Gasteiger partial charge in [0.25, 0.3) is 5.91 Å². The molecule has 0 radical (unpaired) electrons. The summed E-state index contributed by atoms with van der Waals surface area (Å²) in [6.45, 7) is 0.821. The molecule has 5 rings (SSSR count). The van der Waals surface area contributed by atoms with Crippen LogP contribution in [-0.2, 0) is 0 Å². The van der Waals surface area contributed by atoms with Gasteiger partial charge in [-0.15, -0.1) is 0 Å². The lowest BCUT2D eigenvalue weighted by Gasteiger charge is -2.29. The predicted molar refractivity (Wildman–Crippen MR) is 135 cm³/mol. The number of benzene rings is 2. The largest absolute Gasteiger partial charge is 0.362 e. The summed E-state index contributed by atoms with van der Waals surface area (Å²) in [5, 5.41) is 7.63. The van der Waals surface area contributed by atoms with E-state index in [0.717, 1.165) is 60.0 Å². The molecule has 1 saturated carbocycles. The van der Waals surface area contributed by atoms with Gasteiger partial charge in [0.1, 0.15) is 11.5 Å². The third-order valence-corrected chi connectivity index (χ3v) is 6.42. The first-order chi connectivity index (χ1) is 16.6. The topological polar surface area (TPSA) is 95.9 Å². The number of para-hydroxylation sites is 3. The van der Waals surface area contributed by atoms with Crippen molar-refractivity contribution in [2.45, 2.75) is 31.7 Å². The van der Waals surface area contributed by atoms with Crippen molar-refractivity contribution in [3.05, 3.63) is 60.4 Å². The maximum Gasteiger partial charge on any atom is 0.271 e. The van der Waals surface area contributed by atoms with Gasteiger partial charge in [-0.3, -0.25) is 9.78 Å². The minimum atomic E-state index is -0.152.